The molecule has 30 heavy (non-hydrogen) atoms. The van der Waals surface area contributed by atoms with E-state index in [-0.39, 0.29) is 11.4 Å². The van der Waals surface area contributed by atoms with Gasteiger partial charge in [0.2, 0.25) is 0 Å². The monoisotopic (exact) mass is 440 g/mol. The van der Waals surface area contributed by atoms with Crippen LogP contribution >= 0.6 is 23.2 Å². The first-order chi connectivity index (χ1) is 14.4. The van der Waals surface area contributed by atoms with Crippen LogP contribution in [0.1, 0.15) is 11.1 Å². The molecule has 0 saturated carbocycles. The van der Waals surface area contributed by atoms with Crippen molar-refractivity contribution in [1.82, 2.24) is 0 Å². The summed E-state index contributed by atoms with van der Waals surface area (Å²) in [7, 11) is 0. The molecule has 150 valence electrons. The molecular formula is C23H15Cl2FN2O2. The summed E-state index contributed by atoms with van der Waals surface area (Å²) < 4.78 is 18.6. The highest BCUT2D eigenvalue weighted by Gasteiger charge is 2.10. The number of nitriles is 1. The first-order valence-electron chi connectivity index (χ1n) is 8.80. The van der Waals surface area contributed by atoms with Crippen molar-refractivity contribution in [3.8, 4) is 11.8 Å². The van der Waals surface area contributed by atoms with Crippen LogP contribution in [0.5, 0.6) is 5.75 Å². The summed E-state index contributed by atoms with van der Waals surface area (Å²) in [4.78, 5) is 12.4. The van der Waals surface area contributed by atoms with Crippen LogP contribution in [-0.2, 0) is 11.4 Å². The lowest BCUT2D eigenvalue weighted by Crippen LogP contribution is -2.13. The number of nitrogens with zero attached hydrogens (tertiary/aromatic N) is 1. The van der Waals surface area contributed by atoms with Gasteiger partial charge in [-0.15, -0.1) is 0 Å². The Morgan fingerprint density at radius 2 is 1.73 bits per heavy atom. The van der Waals surface area contributed by atoms with E-state index >= 15 is 0 Å². The van der Waals surface area contributed by atoms with Gasteiger partial charge in [-0.2, -0.15) is 5.26 Å². The van der Waals surface area contributed by atoms with E-state index in [1.54, 1.807) is 48.5 Å². The number of nitrogens with one attached hydrogen (secondary N) is 1. The van der Waals surface area contributed by atoms with Crippen molar-refractivity contribution >= 4 is 40.9 Å². The van der Waals surface area contributed by atoms with Crippen molar-refractivity contribution in [2.45, 2.75) is 6.61 Å². The van der Waals surface area contributed by atoms with Crippen molar-refractivity contribution in [3.05, 3.63) is 99.3 Å². The summed E-state index contributed by atoms with van der Waals surface area (Å²) in [6.07, 6.45) is 1.47. The van der Waals surface area contributed by atoms with E-state index in [0.717, 1.165) is 5.56 Å². The Labute approximate surface area is 183 Å². The van der Waals surface area contributed by atoms with Gasteiger partial charge in [-0.3, -0.25) is 4.79 Å². The third-order valence-corrected chi connectivity index (χ3v) is 4.79. The lowest BCUT2D eigenvalue weighted by Gasteiger charge is -2.07. The zero-order chi connectivity index (χ0) is 21.5. The van der Waals surface area contributed by atoms with E-state index in [2.05, 4.69) is 5.32 Å². The third-order valence-electron chi connectivity index (χ3n) is 4.05. The Morgan fingerprint density at radius 3 is 2.37 bits per heavy atom. The maximum atomic E-state index is 12.9. The number of halogens is 3. The smallest absolute Gasteiger partial charge is 0.266 e. The maximum Gasteiger partial charge on any atom is 0.266 e. The fourth-order valence-electron chi connectivity index (χ4n) is 2.50. The van der Waals surface area contributed by atoms with Crippen LogP contribution in [0, 0.1) is 17.1 Å². The SMILES string of the molecule is N#C/C(=C\c1ccc(OCc2ccc(F)cc2)cc1)C(=O)Nc1ccc(Cl)c(Cl)c1. The van der Waals surface area contributed by atoms with E-state index in [4.69, 9.17) is 27.9 Å². The quantitative estimate of drug-likeness (QED) is 0.363. The fourth-order valence-corrected chi connectivity index (χ4v) is 2.79. The highest BCUT2D eigenvalue weighted by Crippen LogP contribution is 2.25. The second-order valence-electron chi connectivity index (χ2n) is 6.24. The minimum Gasteiger partial charge on any atom is -0.489 e. The molecule has 0 atom stereocenters. The van der Waals surface area contributed by atoms with Crippen LogP contribution in [-0.4, -0.2) is 5.91 Å². The van der Waals surface area contributed by atoms with Gasteiger partial charge in [0, 0.05) is 5.69 Å². The predicted octanol–water partition coefficient (Wildman–Crippen LogP) is 6.26. The van der Waals surface area contributed by atoms with E-state index in [1.165, 1.54) is 24.3 Å². The molecule has 0 fully saturated rings. The van der Waals surface area contributed by atoms with Crippen molar-refractivity contribution < 1.29 is 13.9 Å². The minimum atomic E-state index is -0.562. The molecule has 1 amide bonds. The summed E-state index contributed by atoms with van der Waals surface area (Å²) >= 11 is 11.8. The summed E-state index contributed by atoms with van der Waals surface area (Å²) in [5, 5.41) is 12.6. The molecule has 3 rings (SSSR count). The molecule has 0 aliphatic carbocycles. The molecule has 0 heterocycles. The van der Waals surface area contributed by atoms with Crippen LogP contribution in [0.3, 0.4) is 0 Å². The highest BCUT2D eigenvalue weighted by atomic mass is 35.5. The number of ether oxygens (including phenoxy) is 1. The molecule has 4 nitrogen and oxygen atoms in total. The van der Waals surface area contributed by atoms with E-state index in [0.29, 0.717) is 33.7 Å². The Bertz CT molecular complexity index is 1120. The van der Waals surface area contributed by atoms with E-state index in [1.807, 2.05) is 6.07 Å². The van der Waals surface area contributed by atoms with Gasteiger partial charge in [0.25, 0.3) is 5.91 Å². The van der Waals surface area contributed by atoms with E-state index in [9.17, 15) is 14.4 Å². The molecule has 0 aliphatic rings. The van der Waals surface area contributed by atoms with Gasteiger partial charge in [-0.05, 0) is 59.7 Å². The van der Waals surface area contributed by atoms with Crippen LogP contribution in [0.2, 0.25) is 10.0 Å². The van der Waals surface area contributed by atoms with Gasteiger partial charge in [0.05, 0.1) is 10.0 Å². The average molecular weight is 441 g/mol. The number of hydrogen-bond acceptors (Lipinski definition) is 3. The average Bonchev–Trinajstić information content (AvgIpc) is 2.75. The van der Waals surface area contributed by atoms with Gasteiger partial charge in [0.15, 0.2) is 0 Å². The Kier molecular flexibility index (Phi) is 7.08. The molecule has 0 aliphatic heterocycles. The summed E-state index contributed by atoms with van der Waals surface area (Å²) in [6, 6.07) is 19.5. The second-order valence-corrected chi connectivity index (χ2v) is 7.05. The third kappa shape index (κ3) is 5.84. The Hall–Kier alpha value is -3.33. The molecular weight excluding hydrogens is 426 g/mol. The van der Waals surface area contributed by atoms with Gasteiger partial charge >= 0.3 is 0 Å². The highest BCUT2D eigenvalue weighted by molar-refractivity contribution is 6.42. The molecule has 0 spiro atoms. The standard InChI is InChI=1S/C23H15Cl2FN2O2/c24-21-10-7-19(12-22(21)25)28-23(29)17(13-27)11-15-3-8-20(9-4-15)30-14-16-1-5-18(26)6-2-16/h1-12H,14H2,(H,28,29)/b17-11+. The zero-order valence-corrected chi connectivity index (χ0v) is 17.0. The molecule has 0 saturated heterocycles. The molecule has 0 bridgehead atoms. The molecule has 3 aromatic rings. The molecule has 3 aromatic carbocycles. The van der Waals surface area contributed by atoms with Crippen molar-refractivity contribution in [2.24, 2.45) is 0 Å². The largest absolute Gasteiger partial charge is 0.489 e. The lowest BCUT2D eigenvalue weighted by atomic mass is 10.1. The molecule has 1 N–H and O–H groups in total. The lowest BCUT2D eigenvalue weighted by molar-refractivity contribution is -0.112. The molecule has 7 heteroatoms. The van der Waals surface area contributed by atoms with Crippen molar-refractivity contribution in [1.29, 1.82) is 5.26 Å². The summed E-state index contributed by atoms with van der Waals surface area (Å²) in [5.41, 5.74) is 1.86. The minimum absolute atomic E-state index is 0.0685. The summed E-state index contributed by atoms with van der Waals surface area (Å²) in [5.74, 6) is -0.255. The number of carbonyl (C=O) groups excluding carboxylic acids is 1. The maximum absolute atomic E-state index is 12.9. The Balaban J connectivity index is 1.64. The zero-order valence-electron chi connectivity index (χ0n) is 15.5. The molecule has 0 unspecified atom stereocenters. The van der Waals surface area contributed by atoms with Crippen molar-refractivity contribution in [3.63, 3.8) is 0 Å². The molecule has 0 radical (unpaired) electrons. The number of carbonyl (C=O) groups is 1. The van der Waals surface area contributed by atoms with Gasteiger partial charge < -0.3 is 10.1 Å². The van der Waals surface area contributed by atoms with Crippen LogP contribution in [0.15, 0.2) is 72.3 Å². The van der Waals surface area contributed by atoms with Crippen LogP contribution < -0.4 is 10.1 Å². The van der Waals surface area contributed by atoms with Crippen LogP contribution in [0.25, 0.3) is 6.08 Å². The Morgan fingerprint density at radius 1 is 1.03 bits per heavy atom. The topological polar surface area (TPSA) is 62.1 Å². The number of hydrogen-bond donors (Lipinski definition) is 1. The number of anilines is 1. The van der Waals surface area contributed by atoms with Crippen LogP contribution in [0.4, 0.5) is 10.1 Å². The number of rotatable bonds is 6. The fraction of sp³-hybridized carbons (Fsp3) is 0.0435. The van der Waals surface area contributed by atoms with Gasteiger partial charge in [-0.25, -0.2) is 4.39 Å². The van der Waals surface area contributed by atoms with Crippen molar-refractivity contribution in [2.75, 3.05) is 5.32 Å². The normalized spacial score (nSPS) is 10.9. The van der Waals surface area contributed by atoms with Gasteiger partial charge in [0.1, 0.15) is 29.8 Å². The first kappa shape index (κ1) is 21.4. The summed E-state index contributed by atoms with van der Waals surface area (Å²) in [6.45, 7) is 0.297. The van der Waals surface area contributed by atoms with Gasteiger partial charge in [-0.1, -0.05) is 47.5 Å². The molecule has 0 aromatic heterocycles. The van der Waals surface area contributed by atoms with E-state index < -0.39 is 5.91 Å². The second kappa shape index (κ2) is 9.93. The number of amides is 1. The number of benzene rings is 3. The predicted molar refractivity (Wildman–Crippen MR) is 116 cm³/mol. The first-order valence-corrected chi connectivity index (χ1v) is 9.56.